The molecule has 30 heteroatoms. The highest BCUT2D eigenvalue weighted by molar-refractivity contribution is 7.89. The van der Waals surface area contributed by atoms with Crippen LogP contribution >= 0.6 is 23.2 Å². The molecule has 8 atom stereocenters. The predicted molar refractivity (Wildman–Crippen MR) is 372 cm³/mol. The third-order valence-corrected chi connectivity index (χ3v) is 20.1. The fourth-order valence-electron chi connectivity index (χ4n) is 12.9. The summed E-state index contributed by atoms with van der Waals surface area (Å²) >= 11 is 12.1. The number of para-hydroxylation sites is 4. The summed E-state index contributed by atoms with van der Waals surface area (Å²) in [6, 6.07) is 22.0. The highest BCUT2D eigenvalue weighted by Crippen LogP contribution is 2.30. The minimum Gasteiger partial charge on any atom is -0.434 e. The van der Waals surface area contributed by atoms with E-state index in [9.17, 15) is 45.6 Å². The molecule has 10 rings (SSSR count). The maximum Gasteiger partial charge on any atom is 0.266 e. The van der Waals surface area contributed by atoms with Gasteiger partial charge in [-0.2, -0.15) is 0 Å². The van der Waals surface area contributed by atoms with Crippen molar-refractivity contribution >= 4 is 101 Å². The molecule has 4 aliphatic rings. The van der Waals surface area contributed by atoms with E-state index < -0.39 is 104 Å². The first-order chi connectivity index (χ1) is 47.5. The highest BCUT2D eigenvalue weighted by atomic mass is 35.5. The number of carbonyl (C=O) groups is 6. The number of methoxy groups -OCH3 is 2. The fraction of sp³-hybridized carbons (Fsp3) is 0.536. The molecule has 4 amide bonds. The van der Waals surface area contributed by atoms with Crippen LogP contribution in [-0.4, -0.2) is 199 Å². The van der Waals surface area contributed by atoms with E-state index in [4.69, 9.17) is 51.0 Å². The maximum absolute atomic E-state index is 14.2. The summed E-state index contributed by atoms with van der Waals surface area (Å²) in [6.45, 7) is 4.56. The zero-order chi connectivity index (χ0) is 70.6. The van der Waals surface area contributed by atoms with Crippen molar-refractivity contribution in [2.24, 2.45) is 11.8 Å². The van der Waals surface area contributed by atoms with E-state index >= 15 is 0 Å². The SMILES string of the molecule is COCCC[C@H](NC(=O)[C@@H]1C[C@@H](OCc2ccc(Cl)cc2)CN1C(=O)[C@@H](CCC1CCNCC1)NS(C)(=O)=O)C(=O)c1nc2ccccc2o1.COCC[C@H](NC(=O)[C@@H]1C[C@@H](OCc2ccc(Cl)cc2)CN1C(=O)[C@@H](CCC1CCNCC1)NS(C)(=O)=O)C(=O)c1nc2ccccc2o1. The van der Waals surface area contributed by atoms with Crippen LogP contribution < -0.4 is 30.7 Å². The lowest BCUT2D eigenvalue weighted by atomic mass is 9.91. The summed E-state index contributed by atoms with van der Waals surface area (Å²) in [4.78, 5) is 95.4. The zero-order valence-corrected chi connectivity index (χ0v) is 59.3. The third kappa shape index (κ3) is 22.9. The number of ketones is 2. The van der Waals surface area contributed by atoms with Gasteiger partial charge >= 0.3 is 0 Å². The number of sulfonamides is 2. The first-order valence-electron chi connectivity index (χ1n) is 33.6. The second-order valence-electron chi connectivity index (χ2n) is 25.8. The average Bonchev–Trinajstić information content (AvgIpc) is 1.69. The van der Waals surface area contributed by atoms with Gasteiger partial charge in [0.05, 0.1) is 50.0 Å². The molecule has 6 aromatic rings. The molecule has 6 heterocycles. The fourth-order valence-corrected chi connectivity index (χ4v) is 14.7. The Hall–Kier alpha value is -6.80. The molecule has 0 spiro atoms. The van der Waals surface area contributed by atoms with Gasteiger partial charge in [0.2, 0.25) is 55.2 Å². The summed E-state index contributed by atoms with van der Waals surface area (Å²) < 4.78 is 89.0. The van der Waals surface area contributed by atoms with Crippen molar-refractivity contribution in [3.63, 3.8) is 0 Å². The normalized spacial score (nSPS) is 19.9. The van der Waals surface area contributed by atoms with Gasteiger partial charge in [-0.3, -0.25) is 28.8 Å². The summed E-state index contributed by atoms with van der Waals surface area (Å²) in [5.41, 5.74) is 3.62. The largest absolute Gasteiger partial charge is 0.434 e. The molecule has 4 fully saturated rings. The van der Waals surface area contributed by atoms with Gasteiger partial charge in [-0.1, -0.05) is 71.7 Å². The number of rotatable bonds is 33. The van der Waals surface area contributed by atoms with Gasteiger partial charge in [-0.25, -0.2) is 36.2 Å². The molecule has 2 aromatic heterocycles. The first kappa shape index (κ1) is 76.4. The Labute approximate surface area is 587 Å². The molecular weight excluding hydrogens is 1360 g/mol. The number of Topliss-reactive ketones (excluding diaryl/α,β-unsaturated/α-hetero) is 2. The average molecular weight is 1450 g/mol. The van der Waals surface area contributed by atoms with Crippen molar-refractivity contribution in [2.45, 2.75) is 145 Å². The quantitative estimate of drug-likeness (QED) is 0.0188. The standard InChI is InChI=1S/C35H46ClN5O8S.C34H44ClN5O8S/c1-47-19-5-7-28(32(42)34-39-27-6-3-4-8-31(27)49-34)38-33(43)30-20-26(48-22-24-9-12-25(36)13-10-24)21-41(30)35(44)29(40-50(2,45)46)14-11-23-15-17-37-18-16-23;1-46-18-15-27(31(41)33-38-26-5-3-4-6-30(26)48-33)37-32(42)29-19-25(47-21-23-7-10-24(35)11-8-23)20-40(29)34(43)28(39-49(2,44)45)12-9-22-13-16-36-17-14-22/h3-4,6,8-10,12-13,23,26,28-30,37,40H,5,7,11,14-22H2,1-2H3,(H,38,43);3-8,10-11,22,25,27-29,36,39H,9,12-21H2,1-2H3,(H,37,42)/t26-,28+,29-,30+;25-,27+,28-,29+/m11/s1. The molecule has 0 aliphatic carbocycles. The summed E-state index contributed by atoms with van der Waals surface area (Å²) in [6.07, 6.45) is 7.71. The van der Waals surface area contributed by atoms with Crippen molar-refractivity contribution in [3.8, 4) is 0 Å². The van der Waals surface area contributed by atoms with Gasteiger partial charge < -0.3 is 58.8 Å². The third-order valence-electron chi connectivity index (χ3n) is 18.2. The van der Waals surface area contributed by atoms with E-state index in [2.05, 4.69) is 40.7 Å². The van der Waals surface area contributed by atoms with Crippen molar-refractivity contribution < 1.29 is 73.4 Å². The number of nitrogens with zero attached hydrogens (tertiary/aromatic N) is 4. The Morgan fingerprint density at radius 2 is 0.939 bits per heavy atom. The van der Waals surface area contributed by atoms with Crippen molar-refractivity contribution in [1.29, 1.82) is 0 Å². The first-order valence-corrected chi connectivity index (χ1v) is 38.1. The number of hydrogen-bond donors (Lipinski definition) is 6. The highest BCUT2D eigenvalue weighted by Gasteiger charge is 2.46. The van der Waals surface area contributed by atoms with Crippen LogP contribution in [0.1, 0.15) is 116 Å². The number of oxazole rings is 2. The Balaban J connectivity index is 0.000000231. The van der Waals surface area contributed by atoms with Crippen LogP contribution in [0, 0.1) is 11.8 Å². The van der Waals surface area contributed by atoms with E-state index in [1.165, 1.54) is 16.9 Å². The van der Waals surface area contributed by atoms with Gasteiger partial charge in [-0.05, 0) is 168 Å². The van der Waals surface area contributed by atoms with Crippen molar-refractivity contribution in [1.82, 2.24) is 50.5 Å². The summed E-state index contributed by atoms with van der Waals surface area (Å²) in [5.74, 6) is -2.78. The molecule has 0 radical (unpaired) electrons. The van der Waals surface area contributed by atoms with E-state index in [-0.39, 0.29) is 83.2 Å². The lowest BCUT2D eigenvalue weighted by Crippen LogP contribution is -2.55. The number of amides is 4. The minimum absolute atomic E-state index is 0.0572. The number of nitrogens with one attached hydrogen (secondary N) is 6. The lowest BCUT2D eigenvalue weighted by molar-refractivity contribution is -0.140. The predicted octanol–water partition coefficient (Wildman–Crippen LogP) is 6.53. The molecule has 0 bridgehead atoms. The number of ether oxygens (including phenoxy) is 4. The second-order valence-corrected chi connectivity index (χ2v) is 30.2. The van der Waals surface area contributed by atoms with Crippen LogP contribution in [0.15, 0.2) is 106 Å². The number of likely N-dealkylation sites (tertiary alicyclic amines) is 2. The number of fused-ring (bicyclic) bond motifs is 2. The molecule has 99 heavy (non-hydrogen) atoms. The Morgan fingerprint density at radius 3 is 1.32 bits per heavy atom. The van der Waals surface area contributed by atoms with Crippen LogP contribution in [0.25, 0.3) is 22.2 Å². The molecule has 26 nitrogen and oxygen atoms in total. The number of halogens is 2. The molecule has 6 N–H and O–H groups in total. The molecule has 4 aliphatic heterocycles. The van der Waals surface area contributed by atoms with E-state index in [1.807, 2.05) is 24.3 Å². The van der Waals surface area contributed by atoms with E-state index in [0.717, 1.165) is 75.5 Å². The number of aromatic nitrogens is 2. The van der Waals surface area contributed by atoms with Crippen LogP contribution in [-0.2, 0) is 71.4 Å². The molecule has 4 aromatic carbocycles. The van der Waals surface area contributed by atoms with Crippen LogP contribution in [0.2, 0.25) is 10.0 Å². The van der Waals surface area contributed by atoms with Crippen LogP contribution in [0.5, 0.6) is 0 Å². The molecular formula is C69H90Cl2N10O16S2. The number of benzene rings is 4. The van der Waals surface area contributed by atoms with Gasteiger partial charge in [-0.15, -0.1) is 0 Å². The van der Waals surface area contributed by atoms with Crippen molar-refractivity contribution in [3.05, 3.63) is 130 Å². The minimum atomic E-state index is -3.76. The summed E-state index contributed by atoms with van der Waals surface area (Å²) in [5, 5.41) is 13.5. The smallest absolute Gasteiger partial charge is 0.266 e. The number of carbonyl (C=O) groups excluding carboxylic acids is 6. The Morgan fingerprint density at radius 1 is 0.545 bits per heavy atom. The van der Waals surface area contributed by atoms with E-state index in [0.29, 0.717) is 69.9 Å². The number of piperidine rings is 2. The Kier molecular flexibility index (Phi) is 28.3. The molecule has 0 saturated carbocycles. The van der Waals surface area contributed by atoms with Crippen LogP contribution in [0.3, 0.4) is 0 Å². The zero-order valence-electron chi connectivity index (χ0n) is 56.2. The second kappa shape index (κ2) is 36.7. The van der Waals surface area contributed by atoms with Gasteiger partial charge in [0.25, 0.3) is 11.8 Å². The van der Waals surface area contributed by atoms with Gasteiger partial charge in [0.1, 0.15) is 35.2 Å². The van der Waals surface area contributed by atoms with Gasteiger partial charge in [0.15, 0.2) is 11.2 Å². The molecule has 538 valence electrons. The lowest BCUT2D eigenvalue weighted by Gasteiger charge is -2.30. The van der Waals surface area contributed by atoms with Crippen LogP contribution in [0.4, 0.5) is 0 Å². The molecule has 0 unspecified atom stereocenters. The van der Waals surface area contributed by atoms with Gasteiger partial charge in [0, 0.05) is 63.4 Å². The monoisotopic (exact) mass is 1450 g/mol. The number of hydrogen-bond acceptors (Lipinski definition) is 20. The maximum atomic E-state index is 14.2. The summed E-state index contributed by atoms with van der Waals surface area (Å²) in [7, 11) is -4.49. The van der Waals surface area contributed by atoms with Crippen molar-refractivity contribution in [2.75, 3.05) is 79.2 Å². The molecule has 4 saturated heterocycles. The topological polar surface area (TPSA) is 338 Å². The van der Waals surface area contributed by atoms with E-state index in [1.54, 1.807) is 79.9 Å². The Bertz CT molecular complexity index is 3840.